The minimum atomic E-state index is 0.00982. The van der Waals surface area contributed by atoms with Gasteiger partial charge in [0.2, 0.25) is 0 Å². The van der Waals surface area contributed by atoms with E-state index < -0.39 is 0 Å². The minimum absolute atomic E-state index is 0.00982. The first-order chi connectivity index (χ1) is 9.04. The van der Waals surface area contributed by atoms with E-state index in [2.05, 4.69) is 29.6 Å². The SMILES string of the molecule is CNc1ccc(C(=O)NCCCCN(C)C)cc1C. The van der Waals surface area contributed by atoms with Crippen LogP contribution in [0.2, 0.25) is 0 Å². The molecule has 4 nitrogen and oxygen atoms in total. The third-order valence-electron chi connectivity index (χ3n) is 3.08. The molecule has 0 unspecified atom stereocenters. The van der Waals surface area contributed by atoms with Crippen LogP contribution in [-0.4, -0.2) is 45.0 Å². The standard InChI is InChI=1S/C15H25N3O/c1-12-11-13(7-8-14(12)16-2)15(19)17-9-5-6-10-18(3)4/h7-8,11,16H,5-6,9-10H2,1-4H3,(H,17,19). The second kappa shape index (κ2) is 7.79. The molecule has 2 N–H and O–H groups in total. The molecule has 106 valence electrons. The van der Waals surface area contributed by atoms with Crippen molar-refractivity contribution in [2.24, 2.45) is 0 Å². The van der Waals surface area contributed by atoms with Gasteiger partial charge < -0.3 is 15.5 Å². The Hall–Kier alpha value is -1.55. The Morgan fingerprint density at radius 1 is 1.26 bits per heavy atom. The highest BCUT2D eigenvalue weighted by Crippen LogP contribution is 2.15. The maximum absolute atomic E-state index is 12.0. The van der Waals surface area contributed by atoms with Gasteiger partial charge in [-0.25, -0.2) is 0 Å². The van der Waals surface area contributed by atoms with Crippen LogP contribution >= 0.6 is 0 Å². The number of hydrogen-bond donors (Lipinski definition) is 2. The number of nitrogens with one attached hydrogen (secondary N) is 2. The van der Waals surface area contributed by atoms with Gasteiger partial charge in [0.05, 0.1) is 0 Å². The van der Waals surface area contributed by atoms with E-state index in [4.69, 9.17) is 0 Å². The van der Waals surface area contributed by atoms with Crippen molar-refractivity contribution >= 4 is 11.6 Å². The van der Waals surface area contributed by atoms with Gasteiger partial charge in [-0.3, -0.25) is 4.79 Å². The lowest BCUT2D eigenvalue weighted by Crippen LogP contribution is -2.25. The summed E-state index contributed by atoms with van der Waals surface area (Å²) in [6, 6.07) is 5.71. The van der Waals surface area contributed by atoms with Crippen molar-refractivity contribution < 1.29 is 4.79 Å². The predicted octanol–water partition coefficient (Wildman–Crippen LogP) is 2.11. The van der Waals surface area contributed by atoms with Crippen molar-refractivity contribution in [3.8, 4) is 0 Å². The first-order valence-corrected chi connectivity index (χ1v) is 6.76. The average molecular weight is 263 g/mol. The van der Waals surface area contributed by atoms with Crippen molar-refractivity contribution in [3.05, 3.63) is 29.3 Å². The Morgan fingerprint density at radius 2 is 2.00 bits per heavy atom. The maximum Gasteiger partial charge on any atom is 0.251 e. The van der Waals surface area contributed by atoms with Crippen LogP contribution in [0, 0.1) is 6.92 Å². The first-order valence-electron chi connectivity index (χ1n) is 6.76. The number of amides is 1. The van der Waals surface area contributed by atoms with Crippen molar-refractivity contribution in [2.75, 3.05) is 39.5 Å². The van der Waals surface area contributed by atoms with Gasteiger partial charge in [-0.05, 0) is 64.2 Å². The van der Waals surface area contributed by atoms with E-state index >= 15 is 0 Å². The normalized spacial score (nSPS) is 10.6. The second-order valence-corrected chi connectivity index (χ2v) is 5.05. The Kier molecular flexibility index (Phi) is 6.36. The molecule has 1 rings (SSSR count). The zero-order valence-corrected chi connectivity index (χ0v) is 12.4. The molecule has 0 aliphatic carbocycles. The number of aryl methyl sites for hydroxylation is 1. The number of rotatable bonds is 7. The smallest absolute Gasteiger partial charge is 0.251 e. The summed E-state index contributed by atoms with van der Waals surface area (Å²) in [6.45, 7) is 3.80. The molecule has 0 aliphatic heterocycles. The molecule has 0 fully saturated rings. The summed E-state index contributed by atoms with van der Waals surface area (Å²) in [7, 11) is 6.00. The molecule has 0 radical (unpaired) electrons. The van der Waals surface area contributed by atoms with Gasteiger partial charge in [-0.15, -0.1) is 0 Å². The molecule has 19 heavy (non-hydrogen) atoms. The third kappa shape index (κ3) is 5.30. The molecule has 0 aliphatic rings. The van der Waals surface area contributed by atoms with E-state index in [1.807, 2.05) is 32.2 Å². The van der Waals surface area contributed by atoms with E-state index in [0.717, 1.165) is 42.7 Å². The summed E-state index contributed by atoms with van der Waals surface area (Å²) in [6.07, 6.45) is 2.11. The van der Waals surface area contributed by atoms with Crippen LogP contribution in [0.25, 0.3) is 0 Å². The van der Waals surface area contributed by atoms with Crippen LogP contribution in [0.3, 0.4) is 0 Å². The predicted molar refractivity (Wildman–Crippen MR) is 80.8 cm³/mol. The van der Waals surface area contributed by atoms with Crippen molar-refractivity contribution in [2.45, 2.75) is 19.8 Å². The Morgan fingerprint density at radius 3 is 2.58 bits per heavy atom. The number of carbonyl (C=O) groups excluding carboxylic acids is 1. The number of unbranched alkanes of at least 4 members (excludes halogenated alkanes) is 1. The number of anilines is 1. The summed E-state index contributed by atoms with van der Waals surface area (Å²) in [5.74, 6) is 0.00982. The van der Waals surface area contributed by atoms with Gasteiger partial charge in [0.15, 0.2) is 0 Å². The van der Waals surface area contributed by atoms with Crippen LogP contribution in [0.4, 0.5) is 5.69 Å². The molecule has 0 aromatic heterocycles. The Balaban J connectivity index is 2.39. The third-order valence-corrected chi connectivity index (χ3v) is 3.08. The molecule has 1 aromatic carbocycles. The Labute approximate surface area is 116 Å². The number of benzene rings is 1. The maximum atomic E-state index is 12.0. The second-order valence-electron chi connectivity index (χ2n) is 5.05. The highest BCUT2D eigenvalue weighted by molar-refractivity contribution is 5.94. The van der Waals surface area contributed by atoms with E-state index in [1.165, 1.54) is 0 Å². The summed E-state index contributed by atoms with van der Waals surface area (Å²) in [5.41, 5.74) is 2.87. The van der Waals surface area contributed by atoms with Crippen LogP contribution in [0.5, 0.6) is 0 Å². The lowest BCUT2D eigenvalue weighted by atomic mass is 10.1. The van der Waals surface area contributed by atoms with E-state index in [0.29, 0.717) is 0 Å². The van der Waals surface area contributed by atoms with Gasteiger partial charge >= 0.3 is 0 Å². The van der Waals surface area contributed by atoms with Gasteiger partial charge in [0.1, 0.15) is 0 Å². The van der Waals surface area contributed by atoms with Crippen LogP contribution in [-0.2, 0) is 0 Å². The van der Waals surface area contributed by atoms with Gasteiger partial charge in [0.25, 0.3) is 5.91 Å². The summed E-state index contributed by atoms with van der Waals surface area (Å²) < 4.78 is 0. The molecule has 0 atom stereocenters. The van der Waals surface area contributed by atoms with Crippen molar-refractivity contribution in [1.82, 2.24) is 10.2 Å². The minimum Gasteiger partial charge on any atom is -0.388 e. The molecule has 0 saturated carbocycles. The van der Waals surface area contributed by atoms with E-state index in [9.17, 15) is 4.79 Å². The molecule has 1 amide bonds. The van der Waals surface area contributed by atoms with Crippen LogP contribution in [0.15, 0.2) is 18.2 Å². The van der Waals surface area contributed by atoms with Crippen molar-refractivity contribution in [3.63, 3.8) is 0 Å². The molecule has 4 heteroatoms. The first kappa shape index (κ1) is 15.5. The molecule has 0 bridgehead atoms. The summed E-state index contributed by atoms with van der Waals surface area (Å²) in [5, 5.41) is 6.06. The van der Waals surface area contributed by atoms with Gasteiger partial charge in [-0.2, -0.15) is 0 Å². The zero-order chi connectivity index (χ0) is 14.3. The number of nitrogens with zero attached hydrogens (tertiary/aromatic N) is 1. The largest absolute Gasteiger partial charge is 0.388 e. The lowest BCUT2D eigenvalue weighted by molar-refractivity contribution is 0.0952. The van der Waals surface area contributed by atoms with E-state index in [1.54, 1.807) is 0 Å². The Bertz CT molecular complexity index is 416. The van der Waals surface area contributed by atoms with Crippen LogP contribution in [0.1, 0.15) is 28.8 Å². The highest BCUT2D eigenvalue weighted by atomic mass is 16.1. The molecular weight excluding hydrogens is 238 g/mol. The van der Waals surface area contributed by atoms with Crippen molar-refractivity contribution in [1.29, 1.82) is 0 Å². The number of carbonyl (C=O) groups is 1. The fourth-order valence-corrected chi connectivity index (χ4v) is 1.94. The highest BCUT2D eigenvalue weighted by Gasteiger charge is 2.06. The zero-order valence-electron chi connectivity index (χ0n) is 12.4. The average Bonchev–Trinajstić information content (AvgIpc) is 2.37. The lowest BCUT2D eigenvalue weighted by Gasteiger charge is -2.10. The molecule has 0 saturated heterocycles. The fourth-order valence-electron chi connectivity index (χ4n) is 1.94. The van der Waals surface area contributed by atoms with Gasteiger partial charge in [-0.1, -0.05) is 0 Å². The molecule has 0 spiro atoms. The molecule has 1 aromatic rings. The molecular formula is C15H25N3O. The quantitative estimate of drug-likeness (QED) is 0.741. The van der Waals surface area contributed by atoms with E-state index in [-0.39, 0.29) is 5.91 Å². The number of hydrogen-bond acceptors (Lipinski definition) is 3. The summed E-state index contributed by atoms with van der Waals surface area (Å²) in [4.78, 5) is 14.1. The monoisotopic (exact) mass is 263 g/mol. The van der Waals surface area contributed by atoms with Crippen LogP contribution < -0.4 is 10.6 Å². The molecule has 0 heterocycles. The summed E-state index contributed by atoms with van der Waals surface area (Å²) >= 11 is 0. The topological polar surface area (TPSA) is 44.4 Å². The van der Waals surface area contributed by atoms with Gasteiger partial charge in [0, 0.05) is 24.8 Å². The fraction of sp³-hybridized carbons (Fsp3) is 0.533.